The second-order valence-corrected chi connectivity index (χ2v) is 7.10. The largest absolute Gasteiger partial charge is 0.393 e. The van der Waals surface area contributed by atoms with Crippen LogP contribution in [0.5, 0.6) is 0 Å². The van der Waals surface area contributed by atoms with Gasteiger partial charge in [-0.3, -0.25) is 4.79 Å². The molecule has 1 N–H and O–H groups in total. The van der Waals surface area contributed by atoms with Gasteiger partial charge in [-0.05, 0) is 66.7 Å². The molecule has 2 nitrogen and oxygen atoms in total. The Hall–Kier alpha value is -1.15. The van der Waals surface area contributed by atoms with E-state index in [0.29, 0.717) is 11.7 Å². The third kappa shape index (κ3) is 1.57. The first kappa shape index (κ1) is 12.6. The predicted molar refractivity (Wildman–Crippen MR) is 77.9 cm³/mol. The number of carbonyl (C=O) groups excluding carboxylic acids is 1. The highest BCUT2D eigenvalue weighted by Crippen LogP contribution is 2.54. The number of benzene rings is 1. The summed E-state index contributed by atoms with van der Waals surface area (Å²) in [5, 5.41) is 9.84. The van der Waals surface area contributed by atoms with E-state index in [1.54, 1.807) is 0 Å². The number of fused-ring (bicyclic) bond motifs is 5. The molecule has 0 heterocycles. The highest BCUT2D eigenvalue weighted by Gasteiger charge is 2.49. The first-order valence-corrected chi connectivity index (χ1v) is 7.94. The molecular weight excluding hydrogens is 248 g/mol. The summed E-state index contributed by atoms with van der Waals surface area (Å²) in [5.74, 6) is 0.914. The Kier molecular flexibility index (Phi) is 2.62. The average Bonchev–Trinajstić information content (AvgIpc) is 2.74. The molecule has 4 rings (SSSR count). The Morgan fingerprint density at radius 1 is 1.15 bits per heavy atom. The summed E-state index contributed by atoms with van der Waals surface area (Å²) in [6.45, 7) is 2.18. The first-order chi connectivity index (χ1) is 9.59. The quantitative estimate of drug-likeness (QED) is 0.787. The van der Waals surface area contributed by atoms with Crippen LogP contribution >= 0.6 is 0 Å². The van der Waals surface area contributed by atoms with Crippen molar-refractivity contribution in [3.8, 4) is 0 Å². The van der Waals surface area contributed by atoms with E-state index in [9.17, 15) is 9.90 Å². The molecule has 0 aromatic heterocycles. The summed E-state index contributed by atoms with van der Waals surface area (Å²) in [6, 6.07) is 4.47. The smallest absolute Gasteiger partial charge is 0.139 e. The topological polar surface area (TPSA) is 37.3 Å². The lowest BCUT2D eigenvalue weighted by atomic mass is 9.65. The molecular formula is C18H22O2. The van der Waals surface area contributed by atoms with E-state index in [0.717, 1.165) is 44.9 Å². The standard InChI is InChI=1S/C18H22O2/c1-18-9-8-14-13-5-3-12(19)10-11(13)2-4-15(14)16(18)6-7-17(18)20/h2,4,12,16,19H,3,5-10H2,1H3/t12?,16-,18-/m0/s1. The number of carbonyl (C=O) groups is 1. The van der Waals surface area contributed by atoms with E-state index < -0.39 is 0 Å². The van der Waals surface area contributed by atoms with Crippen molar-refractivity contribution in [3.63, 3.8) is 0 Å². The van der Waals surface area contributed by atoms with Crippen LogP contribution in [0.15, 0.2) is 12.1 Å². The maximum atomic E-state index is 12.2. The van der Waals surface area contributed by atoms with Crippen LogP contribution in [0.1, 0.15) is 60.8 Å². The number of aliphatic hydroxyl groups excluding tert-OH is 1. The lowest BCUT2D eigenvalue weighted by molar-refractivity contribution is -0.126. The van der Waals surface area contributed by atoms with Gasteiger partial charge in [0.25, 0.3) is 0 Å². The lowest BCUT2D eigenvalue weighted by Gasteiger charge is -2.38. The van der Waals surface area contributed by atoms with Crippen LogP contribution in [0.3, 0.4) is 0 Å². The van der Waals surface area contributed by atoms with E-state index in [2.05, 4.69) is 19.1 Å². The molecule has 1 unspecified atom stereocenters. The van der Waals surface area contributed by atoms with E-state index in [-0.39, 0.29) is 11.5 Å². The normalized spacial score (nSPS) is 35.4. The van der Waals surface area contributed by atoms with E-state index in [1.165, 1.54) is 22.3 Å². The van der Waals surface area contributed by atoms with Crippen molar-refractivity contribution in [2.45, 2.75) is 63.9 Å². The predicted octanol–water partition coefficient (Wildman–Crippen LogP) is 2.94. The Morgan fingerprint density at radius 2 is 2.00 bits per heavy atom. The van der Waals surface area contributed by atoms with Crippen LogP contribution in [0.4, 0.5) is 0 Å². The van der Waals surface area contributed by atoms with Gasteiger partial charge in [0, 0.05) is 11.8 Å². The Bertz CT molecular complexity index is 589. The van der Waals surface area contributed by atoms with Gasteiger partial charge in [0.15, 0.2) is 0 Å². The molecule has 20 heavy (non-hydrogen) atoms. The highest BCUT2D eigenvalue weighted by molar-refractivity contribution is 5.88. The summed E-state index contributed by atoms with van der Waals surface area (Å²) in [6.07, 6.45) is 6.41. The van der Waals surface area contributed by atoms with Crippen LogP contribution < -0.4 is 0 Å². The fraction of sp³-hybridized carbons (Fsp3) is 0.611. The molecule has 1 saturated carbocycles. The molecule has 0 radical (unpaired) electrons. The zero-order chi connectivity index (χ0) is 13.9. The Labute approximate surface area is 120 Å². The summed E-state index contributed by atoms with van der Waals surface area (Å²) in [7, 11) is 0. The minimum absolute atomic E-state index is 0.102. The molecule has 3 aliphatic rings. The van der Waals surface area contributed by atoms with Crippen molar-refractivity contribution in [1.29, 1.82) is 0 Å². The first-order valence-electron chi connectivity index (χ1n) is 7.94. The number of ketones is 1. The highest BCUT2D eigenvalue weighted by atomic mass is 16.3. The van der Waals surface area contributed by atoms with Gasteiger partial charge >= 0.3 is 0 Å². The summed E-state index contributed by atoms with van der Waals surface area (Å²) >= 11 is 0. The maximum Gasteiger partial charge on any atom is 0.139 e. The number of Topliss-reactive ketones (excluding diaryl/α,β-unsaturated/α-hetero) is 1. The van der Waals surface area contributed by atoms with Gasteiger partial charge in [0.2, 0.25) is 0 Å². The second kappa shape index (κ2) is 4.17. The van der Waals surface area contributed by atoms with E-state index in [4.69, 9.17) is 0 Å². The van der Waals surface area contributed by atoms with Gasteiger partial charge in [-0.15, -0.1) is 0 Å². The van der Waals surface area contributed by atoms with Crippen molar-refractivity contribution < 1.29 is 9.90 Å². The number of rotatable bonds is 0. The molecule has 1 fully saturated rings. The number of aliphatic hydroxyl groups is 1. The van der Waals surface area contributed by atoms with Crippen LogP contribution in [-0.4, -0.2) is 17.0 Å². The maximum absolute atomic E-state index is 12.2. The van der Waals surface area contributed by atoms with Gasteiger partial charge in [-0.1, -0.05) is 19.1 Å². The number of hydrogen-bond acceptors (Lipinski definition) is 2. The summed E-state index contributed by atoms with van der Waals surface area (Å²) < 4.78 is 0. The van der Waals surface area contributed by atoms with Crippen LogP contribution in [0.2, 0.25) is 0 Å². The van der Waals surface area contributed by atoms with Crippen molar-refractivity contribution in [3.05, 3.63) is 34.4 Å². The Balaban J connectivity index is 1.82. The van der Waals surface area contributed by atoms with Crippen LogP contribution in [0.25, 0.3) is 0 Å². The molecule has 106 valence electrons. The van der Waals surface area contributed by atoms with Gasteiger partial charge in [0.05, 0.1) is 6.10 Å². The SMILES string of the molecule is C[C@]12CCc3c(ccc4c3CCC(O)C4)[C@@H]1CCC2=O. The summed E-state index contributed by atoms with van der Waals surface area (Å²) in [5.41, 5.74) is 5.70. The molecule has 1 aromatic carbocycles. The average molecular weight is 270 g/mol. The van der Waals surface area contributed by atoms with Crippen molar-refractivity contribution in [1.82, 2.24) is 0 Å². The zero-order valence-corrected chi connectivity index (χ0v) is 12.1. The third-order valence-electron chi connectivity index (χ3n) is 6.08. The molecule has 2 heteroatoms. The Morgan fingerprint density at radius 3 is 2.85 bits per heavy atom. The van der Waals surface area contributed by atoms with Gasteiger partial charge in [-0.2, -0.15) is 0 Å². The fourth-order valence-electron chi connectivity index (χ4n) is 4.82. The molecule has 3 atom stereocenters. The number of hydrogen-bond donors (Lipinski definition) is 1. The van der Waals surface area contributed by atoms with Gasteiger partial charge < -0.3 is 5.11 Å². The molecule has 0 amide bonds. The van der Waals surface area contributed by atoms with Gasteiger partial charge in [-0.25, -0.2) is 0 Å². The minimum Gasteiger partial charge on any atom is -0.393 e. The molecule has 0 spiro atoms. The molecule has 0 aliphatic heterocycles. The van der Waals surface area contributed by atoms with E-state index >= 15 is 0 Å². The second-order valence-electron chi connectivity index (χ2n) is 7.10. The zero-order valence-electron chi connectivity index (χ0n) is 12.1. The van der Waals surface area contributed by atoms with Crippen LogP contribution in [-0.2, 0) is 24.1 Å². The lowest BCUT2D eigenvalue weighted by Crippen LogP contribution is -2.33. The monoisotopic (exact) mass is 270 g/mol. The molecule has 0 saturated heterocycles. The van der Waals surface area contributed by atoms with Gasteiger partial charge in [0.1, 0.15) is 5.78 Å². The van der Waals surface area contributed by atoms with Crippen molar-refractivity contribution in [2.24, 2.45) is 5.41 Å². The molecule has 0 bridgehead atoms. The molecule has 1 aromatic rings. The van der Waals surface area contributed by atoms with Crippen LogP contribution in [0, 0.1) is 5.41 Å². The van der Waals surface area contributed by atoms with Crippen molar-refractivity contribution >= 4 is 5.78 Å². The molecule has 3 aliphatic carbocycles. The van der Waals surface area contributed by atoms with E-state index in [1.807, 2.05) is 0 Å². The minimum atomic E-state index is -0.164. The van der Waals surface area contributed by atoms with Crippen molar-refractivity contribution in [2.75, 3.05) is 0 Å². The fourth-order valence-corrected chi connectivity index (χ4v) is 4.82. The summed E-state index contributed by atoms with van der Waals surface area (Å²) in [4.78, 5) is 12.2. The third-order valence-corrected chi connectivity index (χ3v) is 6.08.